The highest BCUT2D eigenvalue weighted by molar-refractivity contribution is 5.84. The van der Waals surface area contributed by atoms with Gasteiger partial charge in [0.25, 0.3) is 5.56 Å². The van der Waals surface area contributed by atoms with Crippen LogP contribution in [0.25, 0.3) is 11.0 Å². The Morgan fingerprint density at radius 3 is 2.77 bits per heavy atom. The lowest BCUT2D eigenvalue weighted by Crippen LogP contribution is -2.30. The molecule has 164 valence electrons. The van der Waals surface area contributed by atoms with E-state index in [0.29, 0.717) is 19.1 Å². The number of carbonyl (C=O) groups is 1. The molecule has 0 unspecified atom stereocenters. The number of likely N-dealkylation sites (tertiary alicyclic amines) is 1. The van der Waals surface area contributed by atoms with Crippen LogP contribution in [0.2, 0.25) is 0 Å². The average Bonchev–Trinajstić information content (AvgIpc) is 3.34. The summed E-state index contributed by atoms with van der Waals surface area (Å²) in [5, 5.41) is 8.75. The molecule has 0 aromatic carbocycles. The predicted molar refractivity (Wildman–Crippen MR) is 116 cm³/mol. The van der Waals surface area contributed by atoms with Gasteiger partial charge in [-0.1, -0.05) is 0 Å². The molecular formula is C22H33N5O3. The summed E-state index contributed by atoms with van der Waals surface area (Å²) in [7, 11) is 0. The standard InChI is InChI=1S/C22H33N5O3/c1-4-23-22(29)30-13-12-27-20-18(15-8-5-6-9-16(15)21(28)24-20)19(25-27)17-10-7-11-26(17)14(2)3/h14,17H,4-13H2,1-3H3,(H,23,29)(H,24,28)/t17-/m1/s1. The molecule has 1 saturated heterocycles. The molecule has 2 N–H and O–H groups in total. The van der Waals surface area contributed by atoms with Crippen LogP contribution < -0.4 is 10.9 Å². The summed E-state index contributed by atoms with van der Waals surface area (Å²) in [6, 6.07) is 0.701. The van der Waals surface area contributed by atoms with Crippen molar-refractivity contribution >= 4 is 17.1 Å². The number of aromatic amines is 1. The number of nitrogens with one attached hydrogen (secondary N) is 2. The van der Waals surface area contributed by atoms with Crippen molar-refractivity contribution in [3.8, 4) is 0 Å². The van der Waals surface area contributed by atoms with Crippen LogP contribution in [0, 0.1) is 0 Å². The van der Waals surface area contributed by atoms with Crippen LogP contribution in [-0.4, -0.2) is 51.5 Å². The van der Waals surface area contributed by atoms with Crippen LogP contribution in [0.15, 0.2) is 4.79 Å². The van der Waals surface area contributed by atoms with E-state index in [1.54, 1.807) is 0 Å². The molecule has 1 atom stereocenters. The third kappa shape index (κ3) is 3.85. The van der Waals surface area contributed by atoms with E-state index in [-0.39, 0.29) is 18.2 Å². The van der Waals surface area contributed by atoms with E-state index in [2.05, 4.69) is 29.0 Å². The average molecular weight is 416 g/mol. The highest BCUT2D eigenvalue weighted by Gasteiger charge is 2.33. The first kappa shape index (κ1) is 20.9. The molecule has 1 aliphatic heterocycles. The fourth-order valence-electron chi connectivity index (χ4n) is 5.04. The molecule has 2 aliphatic rings. The summed E-state index contributed by atoms with van der Waals surface area (Å²) >= 11 is 0. The van der Waals surface area contributed by atoms with Gasteiger partial charge in [-0.25, -0.2) is 9.48 Å². The number of aryl methyl sites for hydroxylation is 1. The van der Waals surface area contributed by atoms with Gasteiger partial charge >= 0.3 is 6.09 Å². The number of hydrogen-bond acceptors (Lipinski definition) is 5. The number of hydrogen-bond donors (Lipinski definition) is 2. The molecule has 1 amide bonds. The minimum absolute atomic E-state index is 0.00156. The topological polar surface area (TPSA) is 92.2 Å². The number of pyridine rings is 1. The van der Waals surface area contributed by atoms with Crippen molar-refractivity contribution < 1.29 is 9.53 Å². The number of ether oxygens (including phenoxy) is 1. The molecule has 0 saturated carbocycles. The van der Waals surface area contributed by atoms with Gasteiger partial charge < -0.3 is 15.0 Å². The smallest absolute Gasteiger partial charge is 0.407 e. The molecule has 8 nitrogen and oxygen atoms in total. The van der Waals surface area contributed by atoms with Crippen molar-refractivity contribution in [1.82, 2.24) is 25.0 Å². The molecule has 0 bridgehead atoms. The summed E-state index contributed by atoms with van der Waals surface area (Å²) in [6.45, 7) is 8.54. The van der Waals surface area contributed by atoms with Crippen LogP contribution in [0.5, 0.6) is 0 Å². The molecule has 4 rings (SSSR count). The van der Waals surface area contributed by atoms with E-state index < -0.39 is 6.09 Å². The molecule has 0 spiro atoms. The van der Waals surface area contributed by atoms with Gasteiger partial charge in [-0.3, -0.25) is 9.69 Å². The first-order valence-corrected chi connectivity index (χ1v) is 11.3. The summed E-state index contributed by atoms with van der Waals surface area (Å²) < 4.78 is 7.09. The Hall–Kier alpha value is -2.35. The van der Waals surface area contributed by atoms with Gasteiger partial charge in [-0.05, 0) is 71.4 Å². The number of H-pyrrole nitrogens is 1. The molecule has 2 aromatic rings. The minimum atomic E-state index is -0.429. The Kier molecular flexibility index (Phi) is 6.13. The Labute approximate surface area is 177 Å². The third-order valence-electron chi connectivity index (χ3n) is 6.39. The molecule has 30 heavy (non-hydrogen) atoms. The first-order valence-electron chi connectivity index (χ1n) is 11.3. The minimum Gasteiger partial charge on any atom is -0.448 e. The predicted octanol–water partition coefficient (Wildman–Crippen LogP) is 2.89. The maximum absolute atomic E-state index is 12.8. The van der Waals surface area contributed by atoms with E-state index in [1.165, 1.54) is 5.56 Å². The summed E-state index contributed by atoms with van der Waals surface area (Å²) in [4.78, 5) is 30.1. The highest BCUT2D eigenvalue weighted by atomic mass is 16.5. The van der Waals surface area contributed by atoms with Crippen LogP contribution in [0.4, 0.5) is 4.79 Å². The van der Waals surface area contributed by atoms with E-state index in [1.807, 2.05) is 11.6 Å². The highest BCUT2D eigenvalue weighted by Crippen LogP contribution is 2.38. The van der Waals surface area contributed by atoms with Gasteiger partial charge in [0.15, 0.2) is 0 Å². The van der Waals surface area contributed by atoms with Gasteiger partial charge in [0.2, 0.25) is 0 Å². The van der Waals surface area contributed by atoms with Crippen LogP contribution in [0.3, 0.4) is 0 Å². The number of fused-ring (bicyclic) bond motifs is 3. The van der Waals surface area contributed by atoms with E-state index in [0.717, 1.165) is 67.4 Å². The number of rotatable bonds is 6. The second kappa shape index (κ2) is 8.79. The number of nitrogens with zero attached hydrogens (tertiary/aromatic N) is 3. The van der Waals surface area contributed by atoms with Crippen molar-refractivity contribution in [2.24, 2.45) is 0 Å². The SMILES string of the molecule is CCNC(=O)OCCn1nc([C@H]2CCCN2C(C)C)c2c3c(c(=O)[nH]c21)CCCC3. The van der Waals surface area contributed by atoms with Gasteiger partial charge in [-0.15, -0.1) is 0 Å². The second-order valence-corrected chi connectivity index (χ2v) is 8.61. The third-order valence-corrected chi connectivity index (χ3v) is 6.39. The summed E-state index contributed by atoms with van der Waals surface area (Å²) in [6.07, 6.45) is 5.74. The van der Waals surface area contributed by atoms with Gasteiger partial charge in [0.05, 0.1) is 18.3 Å². The maximum Gasteiger partial charge on any atom is 0.407 e. The zero-order valence-corrected chi connectivity index (χ0v) is 18.3. The van der Waals surface area contributed by atoms with Gasteiger partial charge in [0.1, 0.15) is 12.3 Å². The largest absolute Gasteiger partial charge is 0.448 e. The molecule has 1 aliphatic carbocycles. The lowest BCUT2D eigenvalue weighted by molar-refractivity contribution is 0.141. The van der Waals surface area contributed by atoms with Crippen LogP contribution in [-0.2, 0) is 24.1 Å². The lowest BCUT2D eigenvalue weighted by atomic mass is 9.89. The Morgan fingerprint density at radius 1 is 1.27 bits per heavy atom. The Morgan fingerprint density at radius 2 is 2.03 bits per heavy atom. The van der Waals surface area contributed by atoms with Crippen molar-refractivity contribution in [1.29, 1.82) is 0 Å². The number of carbonyl (C=O) groups excluding carboxylic acids is 1. The Bertz CT molecular complexity index is 977. The van der Waals surface area contributed by atoms with Crippen molar-refractivity contribution in [2.75, 3.05) is 19.7 Å². The molecule has 1 fully saturated rings. The fourth-order valence-corrected chi connectivity index (χ4v) is 5.04. The monoisotopic (exact) mass is 415 g/mol. The van der Waals surface area contributed by atoms with E-state index in [9.17, 15) is 9.59 Å². The normalized spacial score (nSPS) is 19.4. The lowest BCUT2D eigenvalue weighted by Gasteiger charge is -2.27. The summed E-state index contributed by atoms with van der Waals surface area (Å²) in [5.74, 6) is 0. The van der Waals surface area contributed by atoms with E-state index >= 15 is 0 Å². The number of alkyl carbamates (subject to hydrolysis) is 1. The van der Waals surface area contributed by atoms with Crippen molar-refractivity contribution in [3.63, 3.8) is 0 Å². The zero-order valence-electron chi connectivity index (χ0n) is 18.3. The van der Waals surface area contributed by atoms with Crippen molar-refractivity contribution in [2.45, 2.75) is 77.9 Å². The number of amides is 1. The molecule has 3 heterocycles. The second-order valence-electron chi connectivity index (χ2n) is 8.61. The molecular weight excluding hydrogens is 382 g/mol. The zero-order chi connectivity index (χ0) is 21.3. The van der Waals surface area contributed by atoms with E-state index in [4.69, 9.17) is 9.84 Å². The maximum atomic E-state index is 12.8. The first-order chi connectivity index (χ1) is 14.5. The number of aromatic nitrogens is 3. The quantitative estimate of drug-likeness (QED) is 0.757. The van der Waals surface area contributed by atoms with Crippen LogP contribution >= 0.6 is 0 Å². The van der Waals surface area contributed by atoms with Crippen molar-refractivity contribution in [3.05, 3.63) is 27.2 Å². The van der Waals surface area contributed by atoms with Gasteiger partial charge in [0, 0.05) is 23.5 Å². The van der Waals surface area contributed by atoms with Gasteiger partial charge in [-0.2, -0.15) is 5.10 Å². The summed E-state index contributed by atoms with van der Waals surface area (Å²) in [5.41, 5.74) is 3.96. The molecule has 2 aromatic heterocycles. The molecule has 0 radical (unpaired) electrons. The fraction of sp³-hybridized carbons (Fsp3) is 0.682. The molecule has 8 heteroatoms. The Balaban J connectivity index is 1.76. The van der Waals surface area contributed by atoms with Crippen LogP contribution in [0.1, 0.15) is 69.3 Å².